The minimum atomic E-state index is 0.724. The van der Waals surface area contributed by atoms with E-state index in [1.807, 2.05) is 55.5 Å². The highest BCUT2D eigenvalue weighted by atomic mass is 35.5. The van der Waals surface area contributed by atoms with Crippen LogP contribution in [-0.2, 0) is 0 Å². The van der Waals surface area contributed by atoms with Gasteiger partial charge in [-0.2, -0.15) is 0 Å². The number of rotatable bonds is 4. The number of benzene rings is 2. The maximum absolute atomic E-state index is 5.87. The summed E-state index contributed by atoms with van der Waals surface area (Å²) in [6.45, 7) is 9.95. The van der Waals surface area contributed by atoms with Crippen LogP contribution in [0.15, 0.2) is 61.7 Å². The molecule has 2 aromatic rings. The minimum absolute atomic E-state index is 0.724. The molecule has 0 saturated heterocycles. The van der Waals surface area contributed by atoms with Crippen molar-refractivity contribution in [2.75, 3.05) is 5.32 Å². The highest BCUT2D eigenvalue weighted by molar-refractivity contribution is 6.30. The third kappa shape index (κ3) is 3.49. The second kappa shape index (κ2) is 5.77. The Balaban J connectivity index is 2.10. The molecule has 0 aromatic heterocycles. The van der Waals surface area contributed by atoms with E-state index in [1.54, 1.807) is 0 Å². The molecule has 2 aromatic carbocycles. The maximum atomic E-state index is 5.87. The lowest BCUT2D eigenvalue weighted by molar-refractivity contribution is 1.52. The van der Waals surface area contributed by atoms with Crippen LogP contribution in [0, 0.1) is 0 Å². The van der Waals surface area contributed by atoms with E-state index >= 15 is 0 Å². The standard InChI is InChI=1S/C17H16ClN/c1-12(2)14-6-10-17(11-7-14)19-13(3)15-4-8-16(18)9-5-15/h4-11,19H,1,3H2,2H3. The normalized spacial score (nSPS) is 10.0. The molecule has 96 valence electrons. The third-order valence-corrected chi connectivity index (χ3v) is 3.12. The van der Waals surface area contributed by atoms with Gasteiger partial charge < -0.3 is 5.32 Å². The Morgan fingerprint density at radius 2 is 1.42 bits per heavy atom. The highest BCUT2D eigenvalue weighted by Crippen LogP contribution is 2.21. The summed E-state index contributed by atoms with van der Waals surface area (Å²) in [7, 11) is 0. The van der Waals surface area contributed by atoms with Gasteiger partial charge in [0.2, 0.25) is 0 Å². The van der Waals surface area contributed by atoms with E-state index in [0.29, 0.717) is 0 Å². The predicted octanol–water partition coefficient (Wildman–Crippen LogP) is 5.46. The molecule has 0 spiro atoms. The topological polar surface area (TPSA) is 12.0 Å². The van der Waals surface area contributed by atoms with Gasteiger partial charge in [-0.25, -0.2) is 0 Å². The van der Waals surface area contributed by atoms with Crippen molar-refractivity contribution in [3.05, 3.63) is 77.8 Å². The van der Waals surface area contributed by atoms with E-state index in [-0.39, 0.29) is 0 Å². The first-order valence-corrected chi connectivity index (χ1v) is 6.42. The Labute approximate surface area is 119 Å². The molecule has 0 atom stereocenters. The van der Waals surface area contributed by atoms with Crippen molar-refractivity contribution in [2.24, 2.45) is 0 Å². The van der Waals surface area contributed by atoms with Gasteiger partial charge in [0.25, 0.3) is 0 Å². The monoisotopic (exact) mass is 269 g/mol. The second-order valence-electron chi connectivity index (χ2n) is 4.47. The summed E-state index contributed by atoms with van der Waals surface area (Å²) in [6, 6.07) is 15.7. The Morgan fingerprint density at radius 3 is 1.95 bits per heavy atom. The molecule has 0 aliphatic carbocycles. The summed E-state index contributed by atoms with van der Waals surface area (Å²) in [5, 5.41) is 4.00. The molecule has 1 N–H and O–H groups in total. The van der Waals surface area contributed by atoms with Gasteiger partial charge in [-0.15, -0.1) is 0 Å². The van der Waals surface area contributed by atoms with E-state index in [0.717, 1.165) is 33.1 Å². The van der Waals surface area contributed by atoms with Crippen LogP contribution in [0.3, 0.4) is 0 Å². The van der Waals surface area contributed by atoms with Gasteiger partial charge in [-0.05, 0) is 42.3 Å². The summed E-state index contributed by atoms with van der Waals surface area (Å²) in [5.74, 6) is 0. The van der Waals surface area contributed by atoms with Crippen LogP contribution in [0.4, 0.5) is 5.69 Å². The zero-order valence-corrected chi connectivity index (χ0v) is 11.7. The lowest BCUT2D eigenvalue weighted by Crippen LogP contribution is -1.97. The lowest BCUT2D eigenvalue weighted by Gasteiger charge is -2.10. The SMILES string of the molecule is C=C(C)c1ccc(NC(=C)c2ccc(Cl)cc2)cc1. The predicted molar refractivity (Wildman–Crippen MR) is 85.3 cm³/mol. The molecule has 0 bridgehead atoms. The van der Waals surface area contributed by atoms with Gasteiger partial charge in [0.05, 0.1) is 0 Å². The molecule has 0 aliphatic rings. The van der Waals surface area contributed by atoms with Crippen molar-refractivity contribution in [3.63, 3.8) is 0 Å². The third-order valence-electron chi connectivity index (χ3n) is 2.87. The van der Waals surface area contributed by atoms with Gasteiger partial charge in [-0.3, -0.25) is 0 Å². The van der Waals surface area contributed by atoms with Crippen molar-refractivity contribution < 1.29 is 0 Å². The molecule has 0 amide bonds. The summed E-state index contributed by atoms with van der Waals surface area (Å²) < 4.78 is 0. The van der Waals surface area contributed by atoms with Gasteiger partial charge in [0, 0.05) is 16.4 Å². The fourth-order valence-corrected chi connectivity index (χ4v) is 1.86. The smallest absolute Gasteiger partial charge is 0.0406 e. The molecule has 0 fully saturated rings. The molecule has 0 saturated carbocycles. The van der Waals surface area contributed by atoms with Crippen molar-refractivity contribution >= 4 is 28.6 Å². The molecule has 0 unspecified atom stereocenters. The van der Waals surface area contributed by atoms with E-state index < -0.39 is 0 Å². The first-order chi connectivity index (χ1) is 9.06. The highest BCUT2D eigenvalue weighted by Gasteiger charge is 2.00. The van der Waals surface area contributed by atoms with Crippen molar-refractivity contribution in [2.45, 2.75) is 6.92 Å². The second-order valence-corrected chi connectivity index (χ2v) is 4.90. The first kappa shape index (κ1) is 13.4. The molecule has 0 radical (unpaired) electrons. The van der Waals surface area contributed by atoms with Crippen LogP contribution < -0.4 is 5.32 Å². The average molecular weight is 270 g/mol. The Morgan fingerprint density at radius 1 is 0.895 bits per heavy atom. The van der Waals surface area contributed by atoms with Crippen molar-refractivity contribution in [1.82, 2.24) is 0 Å². The largest absolute Gasteiger partial charge is 0.356 e. The fourth-order valence-electron chi connectivity index (χ4n) is 1.74. The Kier molecular flexibility index (Phi) is 4.08. The molecule has 2 rings (SSSR count). The number of hydrogen-bond donors (Lipinski definition) is 1. The number of hydrogen-bond acceptors (Lipinski definition) is 1. The van der Waals surface area contributed by atoms with E-state index in [9.17, 15) is 0 Å². The first-order valence-electron chi connectivity index (χ1n) is 6.04. The molecule has 0 aliphatic heterocycles. The number of anilines is 1. The average Bonchev–Trinajstić information content (AvgIpc) is 2.40. The lowest BCUT2D eigenvalue weighted by atomic mass is 10.1. The quantitative estimate of drug-likeness (QED) is 0.777. The van der Waals surface area contributed by atoms with Crippen molar-refractivity contribution in [3.8, 4) is 0 Å². The fraction of sp³-hybridized carbons (Fsp3) is 0.0588. The molecule has 2 heteroatoms. The number of allylic oxidation sites excluding steroid dienone is 1. The summed E-state index contributed by atoms with van der Waals surface area (Å²) >= 11 is 5.87. The summed E-state index contributed by atoms with van der Waals surface area (Å²) in [6.07, 6.45) is 0. The van der Waals surface area contributed by atoms with Crippen LogP contribution in [0.1, 0.15) is 18.1 Å². The molecule has 1 nitrogen and oxygen atoms in total. The van der Waals surface area contributed by atoms with Crippen LogP contribution in [0.2, 0.25) is 5.02 Å². The number of nitrogens with one attached hydrogen (secondary N) is 1. The van der Waals surface area contributed by atoms with Gasteiger partial charge >= 0.3 is 0 Å². The van der Waals surface area contributed by atoms with Crippen LogP contribution >= 0.6 is 11.6 Å². The molecular weight excluding hydrogens is 254 g/mol. The summed E-state index contributed by atoms with van der Waals surface area (Å²) in [4.78, 5) is 0. The van der Waals surface area contributed by atoms with E-state index in [1.165, 1.54) is 0 Å². The van der Waals surface area contributed by atoms with Gasteiger partial charge in [0.15, 0.2) is 0 Å². The molecular formula is C17H16ClN. The van der Waals surface area contributed by atoms with Crippen LogP contribution in [-0.4, -0.2) is 0 Å². The zero-order chi connectivity index (χ0) is 13.8. The van der Waals surface area contributed by atoms with Gasteiger partial charge in [-0.1, -0.05) is 54.6 Å². The minimum Gasteiger partial charge on any atom is -0.356 e. The van der Waals surface area contributed by atoms with E-state index in [2.05, 4.69) is 18.5 Å². The van der Waals surface area contributed by atoms with Crippen LogP contribution in [0.25, 0.3) is 11.3 Å². The van der Waals surface area contributed by atoms with Crippen LogP contribution in [0.5, 0.6) is 0 Å². The Bertz CT molecular complexity index is 594. The van der Waals surface area contributed by atoms with Crippen molar-refractivity contribution in [1.29, 1.82) is 0 Å². The summed E-state index contributed by atoms with van der Waals surface area (Å²) in [5.41, 5.74) is 5.07. The van der Waals surface area contributed by atoms with Gasteiger partial charge in [0.1, 0.15) is 0 Å². The maximum Gasteiger partial charge on any atom is 0.0406 e. The zero-order valence-electron chi connectivity index (χ0n) is 10.9. The number of halogens is 1. The molecule has 0 heterocycles. The Hall–Kier alpha value is -1.99. The van der Waals surface area contributed by atoms with E-state index in [4.69, 9.17) is 11.6 Å². The molecule has 19 heavy (non-hydrogen) atoms.